The summed E-state index contributed by atoms with van der Waals surface area (Å²) in [6.45, 7) is 5.10. The van der Waals surface area contributed by atoms with Crippen molar-refractivity contribution in [1.29, 1.82) is 0 Å². The molecule has 1 amide bonds. The summed E-state index contributed by atoms with van der Waals surface area (Å²) >= 11 is 0. The first-order chi connectivity index (χ1) is 13.8. The lowest BCUT2D eigenvalue weighted by atomic mass is 10.1. The fourth-order valence-corrected chi connectivity index (χ4v) is 5.73. The lowest BCUT2D eigenvalue weighted by Crippen LogP contribution is -2.48. The van der Waals surface area contributed by atoms with Crippen LogP contribution in [0.15, 0.2) is 18.3 Å². The summed E-state index contributed by atoms with van der Waals surface area (Å²) < 4.78 is 29.0. The topological polar surface area (TPSA) is 96.9 Å². The number of esters is 1. The number of nitrogens with zero attached hydrogens (tertiary/aromatic N) is 3. The van der Waals surface area contributed by atoms with Gasteiger partial charge in [-0.25, -0.2) is 18.2 Å². The number of hydrogen-bond donors (Lipinski definition) is 0. The van der Waals surface area contributed by atoms with E-state index in [-0.39, 0.29) is 29.5 Å². The van der Waals surface area contributed by atoms with Crippen LogP contribution in [-0.4, -0.2) is 73.5 Å². The van der Waals surface area contributed by atoms with Gasteiger partial charge in [-0.15, -0.1) is 0 Å². The Kier molecular flexibility index (Phi) is 6.77. The molecule has 0 bridgehead atoms. The molecule has 2 unspecified atom stereocenters. The van der Waals surface area contributed by atoms with Crippen molar-refractivity contribution in [2.75, 3.05) is 36.1 Å². The Hall–Kier alpha value is -2.16. The summed E-state index contributed by atoms with van der Waals surface area (Å²) in [6, 6.07) is 2.84. The van der Waals surface area contributed by atoms with Gasteiger partial charge in [0.2, 0.25) is 0 Å². The molecule has 2 atom stereocenters. The largest absolute Gasteiger partial charge is 0.452 e. The van der Waals surface area contributed by atoms with Crippen molar-refractivity contribution in [1.82, 2.24) is 9.88 Å². The van der Waals surface area contributed by atoms with E-state index in [2.05, 4.69) is 4.98 Å². The second-order valence-electron chi connectivity index (χ2n) is 7.76. The van der Waals surface area contributed by atoms with Crippen LogP contribution in [0.5, 0.6) is 0 Å². The number of anilines is 1. The van der Waals surface area contributed by atoms with Crippen LogP contribution < -0.4 is 4.90 Å². The Morgan fingerprint density at radius 2 is 2.07 bits per heavy atom. The normalized spacial score (nSPS) is 21.7. The van der Waals surface area contributed by atoms with Crippen LogP contribution in [0.4, 0.5) is 5.82 Å². The molecule has 2 aliphatic heterocycles. The van der Waals surface area contributed by atoms with Crippen molar-refractivity contribution in [3.63, 3.8) is 0 Å². The minimum absolute atomic E-state index is 0.0290. The number of pyridine rings is 1. The SMILES string of the molecule is CCC(C)N(C(=O)COC(=O)c1cccnc1N1CCCC1)C1CCS(=O)(=O)C1. The third-order valence-electron chi connectivity index (χ3n) is 5.69. The molecule has 9 heteroatoms. The van der Waals surface area contributed by atoms with Crippen molar-refractivity contribution in [3.8, 4) is 0 Å². The van der Waals surface area contributed by atoms with Crippen LogP contribution in [0.2, 0.25) is 0 Å². The standard InChI is InChI=1S/C20H29N3O5S/c1-3-15(2)23(16-8-12-29(26,27)14-16)18(24)13-28-20(25)17-7-6-9-21-19(17)22-10-4-5-11-22/h6-7,9,15-16H,3-5,8,10-14H2,1-2H3. The van der Waals surface area contributed by atoms with Crippen LogP contribution in [0.25, 0.3) is 0 Å². The molecule has 0 aliphatic carbocycles. The molecule has 160 valence electrons. The maximum atomic E-state index is 12.8. The molecule has 2 aliphatic rings. The van der Waals surface area contributed by atoms with Gasteiger partial charge in [0, 0.05) is 31.4 Å². The molecule has 2 fully saturated rings. The van der Waals surface area contributed by atoms with Gasteiger partial charge >= 0.3 is 5.97 Å². The second kappa shape index (κ2) is 9.11. The Labute approximate surface area is 172 Å². The number of aromatic nitrogens is 1. The van der Waals surface area contributed by atoms with Crippen LogP contribution >= 0.6 is 0 Å². The molecule has 0 radical (unpaired) electrons. The molecule has 0 N–H and O–H groups in total. The Balaban J connectivity index is 1.68. The molecule has 29 heavy (non-hydrogen) atoms. The number of amides is 1. The van der Waals surface area contributed by atoms with Crippen LogP contribution in [0.1, 0.15) is 49.9 Å². The van der Waals surface area contributed by atoms with E-state index in [9.17, 15) is 18.0 Å². The quantitative estimate of drug-likeness (QED) is 0.615. The van der Waals surface area contributed by atoms with E-state index < -0.39 is 22.4 Å². The number of rotatable bonds is 7. The molecule has 0 aromatic carbocycles. The summed E-state index contributed by atoms with van der Waals surface area (Å²) in [5.41, 5.74) is 0.348. The molecule has 8 nitrogen and oxygen atoms in total. The molecule has 1 aromatic heterocycles. The summed E-state index contributed by atoms with van der Waals surface area (Å²) in [4.78, 5) is 33.5. The molecule has 1 aromatic rings. The average molecular weight is 424 g/mol. The zero-order valence-corrected chi connectivity index (χ0v) is 17.9. The van der Waals surface area contributed by atoms with Gasteiger partial charge in [-0.05, 0) is 44.7 Å². The maximum Gasteiger partial charge on any atom is 0.342 e. The fraction of sp³-hybridized carbons (Fsp3) is 0.650. The van der Waals surface area contributed by atoms with Crippen molar-refractivity contribution in [3.05, 3.63) is 23.9 Å². The lowest BCUT2D eigenvalue weighted by molar-refractivity contribution is -0.138. The highest BCUT2D eigenvalue weighted by atomic mass is 32.2. The van der Waals surface area contributed by atoms with E-state index in [1.165, 1.54) is 0 Å². The van der Waals surface area contributed by atoms with E-state index in [4.69, 9.17) is 4.74 Å². The van der Waals surface area contributed by atoms with Gasteiger partial charge in [-0.3, -0.25) is 4.79 Å². The number of carbonyl (C=O) groups excluding carboxylic acids is 2. The number of ether oxygens (including phenoxy) is 1. The molecule has 0 spiro atoms. The summed E-state index contributed by atoms with van der Waals surface area (Å²) in [6.07, 6.45) is 4.86. The summed E-state index contributed by atoms with van der Waals surface area (Å²) in [5.74, 6) is -0.299. The first-order valence-corrected chi connectivity index (χ1v) is 12.0. The van der Waals surface area contributed by atoms with Crippen molar-refractivity contribution < 1.29 is 22.7 Å². The second-order valence-corrected chi connectivity index (χ2v) is 9.99. The first kappa shape index (κ1) is 21.5. The van der Waals surface area contributed by atoms with Crippen LogP contribution in [0, 0.1) is 0 Å². The molecule has 0 saturated carbocycles. The van der Waals surface area contributed by atoms with Crippen LogP contribution in [0.3, 0.4) is 0 Å². The highest BCUT2D eigenvalue weighted by Gasteiger charge is 2.37. The minimum atomic E-state index is -3.12. The first-order valence-electron chi connectivity index (χ1n) is 10.2. The third kappa shape index (κ3) is 5.07. The monoisotopic (exact) mass is 423 g/mol. The van der Waals surface area contributed by atoms with Crippen molar-refractivity contribution in [2.45, 2.75) is 51.6 Å². The minimum Gasteiger partial charge on any atom is -0.452 e. The van der Waals surface area contributed by atoms with E-state index in [1.54, 1.807) is 23.2 Å². The molecule has 2 saturated heterocycles. The Morgan fingerprint density at radius 3 is 2.69 bits per heavy atom. The molecular weight excluding hydrogens is 394 g/mol. The van der Waals surface area contributed by atoms with E-state index in [0.29, 0.717) is 24.2 Å². The predicted octanol–water partition coefficient (Wildman–Crippen LogP) is 1.65. The molecule has 3 rings (SSSR count). The van der Waals surface area contributed by atoms with Crippen LogP contribution in [-0.2, 0) is 19.4 Å². The van der Waals surface area contributed by atoms with Gasteiger partial charge in [-0.1, -0.05) is 6.92 Å². The number of sulfone groups is 1. The highest BCUT2D eigenvalue weighted by Crippen LogP contribution is 2.24. The third-order valence-corrected chi connectivity index (χ3v) is 7.44. The van der Waals surface area contributed by atoms with Crippen molar-refractivity contribution >= 4 is 27.5 Å². The van der Waals surface area contributed by atoms with E-state index >= 15 is 0 Å². The predicted molar refractivity (Wildman–Crippen MR) is 110 cm³/mol. The van der Waals surface area contributed by atoms with Gasteiger partial charge in [0.1, 0.15) is 11.4 Å². The zero-order chi connectivity index (χ0) is 21.0. The Bertz CT molecular complexity index is 851. The number of hydrogen-bond acceptors (Lipinski definition) is 7. The Morgan fingerprint density at radius 1 is 1.34 bits per heavy atom. The number of carbonyl (C=O) groups is 2. The highest BCUT2D eigenvalue weighted by molar-refractivity contribution is 7.91. The summed E-state index contributed by atoms with van der Waals surface area (Å²) in [5, 5.41) is 0. The lowest BCUT2D eigenvalue weighted by Gasteiger charge is -2.33. The van der Waals surface area contributed by atoms with Crippen molar-refractivity contribution in [2.24, 2.45) is 0 Å². The van der Waals surface area contributed by atoms with Gasteiger partial charge in [0.25, 0.3) is 5.91 Å². The van der Waals surface area contributed by atoms with E-state index in [1.807, 2.05) is 18.7 Å². The maximum absolute atomic E-state index is 12.8. The van der Waals surface area contributed by atoms with E-state index in [0.717, 1.165) is 25.9 Å². The zero-order valence-electron chi connectivity index (χ0n) is 17.0. The molecular formula is C20H29N3O5S. The molecule has 3 heterocycles. The summed E-state index contributed by atoms with van der Waals surface area (Å²) in [7, 11) is -3.12. The van der Waals surface area contributed by atoms with Gasteiger partial charge in [0.15, 0.2) is 16.4 Å². The van der Waals surface area contributed by atoms with Gasteiger partial charge < -0.3 is 14.5 Å². The van der Waals surface area contributed by atoms with Gasteiger partial charge in [-0.2, -0.15) is 0 Å². The smallest absolute Gasteiger partial charge is 0.342 e. The average Bonchev–Trinajstić information content (AvgIpc) is 3.36. The fourth-order valence-electron chi connectivity index (χ4n) is 4.02. The van der Waals surface area contributed by atoms with Gasteiger partial charge in [0.05, 0.1) is 11.5 Å².